The fourth-order valence-corrected chi connectivity index (χ4v) is 2.61. The molecule has 2 N–H and O–H groups in total. The molecule has 1 aliphatic carbocycles. The molecule has 110 valence electrons. The largest absolute Gasteiger partial charge is 0.393 e. The van der Waals surface area contributed by atoms with Crippen LogP contribution in [0.4, 0.5) is 0 Å². The van der Waals surface area contributed by atoms with Gasteiger partial charge in [-0.15, -0.1) is 0 Å². The average molecular weight is 275 g/mol. The zero-order chi connectivity index (χ0) is 14.8. The molecule has 0 aliphatic heterocycles. The number of aliphatic hydroxyl groups is 1. The van der Waals surface area contributed by atoms with Crippen LogP contribution in [0.15, 0.2) is 24.3 Å². The van der Waals surface area contributed by atoms with Crippen LogP contribution in [0.3, 0.4) is 0 Å². The van der Waals surface area contributed by atoms with Gasteiger partial charge in [0.1, 0.15) is 0 Å². The van der Waals surface area contributed by atoms with Gasteiger partial charge < -0.3 is 10.4 Å². The predicted octanol–water partition coefficient (Wildman–Crippen LogP) is 3.02. The molecule has 20 heavy (non-hydrogen) atoms. The second-order valence-corrected chi connectivity index (χ2v) is 6.81. The smallest absolute Gasteiger partial charge is 0.251 e. The normalized spacial score (nSPS) is 23.4. The average Bonchev–Trinajstić information content (AvgIpc) is 2.40. The number of hydrogen-bond donors (Lipinski definition) is 2. The van der Waals surface area contributed by atoms with Gasteiger partial charge in [-0.25, -0.2) is 0 Å². The van der Waals surface area contributed by atoms with Crippen molar-refractivity contribution in [1.29, 1.82) is 0 Å². The van der Waals surface area contributed by atoms with Crippen molar-refractivity contribution in [2.45, 2.75) is 64.0 Å². The molecule has 0 bridgehead atoms. The van der Waals surface area contributed by atoms with Crippen molar-refractivity contribution >= 4 is 5.91 Å². The third kappa shape index (κ3) is 3.83. The highest BCUT2D eigenvalue weighted by Gasteiger charge is 2.21. The fourth-order valence-electron chi connectivity index (χ4n) is 2.61. The van der Waals surface area contributed by atoms with Gasteiger partial charge in [0.05, 0.1) is 6.10 Å². The Morgan fingerprint density at radius 2 is 1.65 bits per heavy atom. The minimum atomic E-state index is -0.186. The van der Waals surface area contributed by atoms with Gasteiger partial charge in [0.25, 0.3) is 5.91 Å². The lowest BCUT2D eigenvalue weighted by Gasteiger charge is -2.26. The first kappa shape index (κ1) is 15.0. The maximum absolute atomic E-state index is 12.2. The van der Waals surface area contributed by atoms with Gasteiger partial charge in [-0.3, -0.25) is 4.79 Å². The summed E-state index contributed by atoms with van der Waals surface area (Å²) in [7, 11) is 0. The number of hydrogen-bond acceptors (Lipinski definition) is 2. The molecule has 1 aromatic rings. The second kappa shape index (κ2) is 5.96. The molecule has 0 saturated heterocycles. The number of nitrogens with one attached hydrogen (secondary N) is 1. The van der Waals surface area contributed by atoms with Crippen LogP contribution in [-0.4, -0.2) is 23.2 Å². The van der Waals surface area contributed by atoms with Crippen molar-refractivity contribution in [1.82, 2.24) is 5.32 Å². The van der Waals surface area contributed by atoms with E-state index in [0.717, 1.165) is 25.7 Å². The van der Waals surface area contributed by atoms with E-state index in [0.29, 0.717) is 5.56 Å². The van der Waals surface area contributed by atoms with Gasteiger partial charge in [0.15, 0.2) is 0 Å². The van der Waals surface area contributed by atoms with Gasteiger partial charge in [-0.05, 0) is 48.8 Å². The van der Waals surface area contributed by atoms with E-state index in [-0.39, 0.29) is 23.5 Å². The van der Waals surface area contributed by atoms with E-state index in [1.54, 1.807) is 0 Å². The van der Waals surface area contributed by atoms with Gasteiger partial charge in [-0.2, -0.15) is 0 Å². The van der Waals surface area contributed by atoms with Gasteiger partial charge in [-0.1, -0.05) is 32.9 Å². The highest BCUT2D eigenvalue weighted by molar-refractivity contribution is 5.94. The minimum absolute atomic E-state index is 0.00755. The lowest BCUT2D eigenvalue weighted by molar-refractivity contribution is 0.0867. The molecule has 1 aromatic carbocycles. The van der Waals surface area contributed by atoms with Crippen molar-refractivity contribution in [3.05, 3.63) is 35.4 Å². The summed E-state index contributed by atoms with van der Waals surface area (Å²) in [6.45, 7) is 6.49. The first-order valence-electron chi connectivity index (χ1n) is 7.46. The number of carbonyl (C=O) groups excluding carboxylic acids is 1. The van der Waals surface area contributed by atoms with E-state index in [4.69, 9.17) is 0 Å². The zero-order valence-corrected chi connectivity index (χ0v) is 12.6. The number of aliphatic hydroxyl groups excluding tert-OH is 1. The molecular formula is C17H25NO2. The van der Waals surface area contributed by atoms with Crippen LogP contribution in [0.1, 0.15) is 62.4 Å². The van der Waals surface area contributed by atoms with Crippen molar-refractivity contribution in [2.24, 2.45) is 0 Å². The maximum atomic E-state index is 12.2. The van der Waals surface area contributed by atoms with Crippen molar-refractivity contribution in [2.75, 3.05) is 0 Å². The second-order valence-electron chi connectivity index (χ2n) is 6.81. The van der Waals surface area contributed by atoms with E-state index >= 15 is 0 Å². The Morgan fingerprint density at radius 3 is 2.15 bits per heavy atom. The number of amides is 1. The van der Waals surface area contributed by atoms with Crippen LogP contribution in [0.25, 0.3) is 0 Å². The molecule has 1 fully saturated rings. The minimum Gasteiger partial charge on any atom is -0.393 e. The van der Waals surface area contributed by atoms with Crippen molar-refractivity contribution in [3.63, 3.8) is 0 Å². The molecule has 1 saturated carbocycles. The summed E-state index contributed by atoms with van der Waals surface area (Å²) in [6.07, 6.45) is 3.12. The molecule has 1 aliphatic rings. The number of carbonyl (C=O) groups is 1. The fraction of sp³-hybridized carbons (Fsp3) is 0.588. The summed E-state index contributed by atoms with van der Waals surface area (Å²) in [5, 5.41) is 12.5. The lowest BCUT2D eigenvalue weighted by atomic mass is 9.86. The van der Waals surface area contributed by atoms with E-state index in [9.17, 15) is 9.90 Å². The van der Waals surface area contributed by atoms with Crippen LogP contribution >= 0.6 is 0 Å². The van der Waals surface area contributed by atoms with Crippen LogP contribution in [0, 0.1) is 0 Å². The van der Waals surface area contributed by atoms with E-state index < -0.39 is 0 Å². The summed E-state index contributed by atoms with van der Waals surface area (Å²) < 4.78 is 0. The molecule has 0 spiro atoms. The molecule has 3 nitrogen and oxygen atoms in total. The molecule has 0 radical (unpaired) electrons. The summed E-state index contributed by atoms with van der Waals surface area (Å²) in [6, 6.07) is 8.05. The Labute approximate surface area is 121 Å². The van der Waals surface area contributed by atoms with E-state index in [1.807, 2.05) is 24.3 Å². The summed E-state index contributed by atoms with van der Waals surface area (Å²) in [5.74, 6) is -0.00755. The van der Waals surface area contributed by atoms with Gasteiger partial charge in [0.2, 0.25) is 0 Å². The predicted molar refractivity (Wildman–Crippen MR) is 80.9 cm³/mol. The summed E-state index contributed by atoms with van der Waals surface area (Å²) in [5.41, 5.74) is 2.05. The summed E-state index contributed by atoms with van der Waals surface area (Å²) >= 11 is 0. The molecule has 1 amide bonds. The third-order valence-electron chi connectivity index (χ3n) is 4.05. The topological polar surface area (TPSA) is 49.3 Å². The SMILES string of the molecule is CC(C)(C)c1ccc(C(=O)NC2CCC(O)CC2)cc1. The molecular weight excluding hydrogens is 250 g/mol. The number of rotatable bonds is 2. The zero-order valence-electron chi connectivity index (χ0n) is 12.6. The monoisotopic (exact) mass is 275 g/mol. The first-order chi connectivity index (χ1) is 9.36. The Balaban J connectivity index is 1.96. The third-order valence-corrected chi connectivity index (χ3v) is 4.05. The first-order valence-corrected chi connectivity index (χ1v) is 7.46. The molecule has 0 heterocycles. The van der Waals surface area contributed by atoms with Crippen LogP contribution in [-0.2, 0) is 5.41 Å². The van der Waals surface area contributed by atoms with Crippen LogP contribution in [0.5, 0.6) is 0 Å². The molecule has 0 unspecified atom stereocenters. The molecule has 0 aromatic heterocycles. The maximum Gasteiger partial charge on any atom is 0.251 e. The number of benzene rings is 1. The Morgan fingerprint density at radius 1 is 1.10 bits per heavy atom. The van der Waals surface area contributed by atoms with Crippen LogP contribution in [0.2, 0.25) is 0 Å². The van der Waals surface area contributed by atoms with E-state index in [2.05, 4.69) is 26.1 Å². The quantitative estimate of drug-likeness (QED) is 0.871. The van der Waals surface area contributed by atoms with Crippen LogP contribution < -0.4 is 5.32 Å². The lowest BCUT2D eigenvalue weighted by Crippen LogP contribution is -2.38. The van der Waals surface area contributed by atoms with Gasteiger partial charge in [0, 0.05) is 11.6 Å². The van der Waals surface area contributed by atoms with Gasteiger partial charge >= 0.3 is 0 Å². The highest BCUT2D eigenvalue weighted by atomic mass is 16.3. The Hall–Kier alpha value is -1.35. The summed E-state index contributed by atoms with van der Waals surface area (Å²) in [4.78, 5) is 12.2. The van der Waals surface area contributed by atoms with Crippen molar-refractivity contribution in [3.8, 4) is 0 Å². The standard InChI is InChI=1S/C17H25NO2/c1-17(2,3)13-6-4-12(5-7-13)16(20)18-14-8-10-15(19)11-9-14/h4-7,14-15,19H,8-11H2,1-3H3,(H,18,20). The molecule has 0 atom stereocenters. The Bertz CT molecular complexity index is 451. The molecule has 3 heteroatoms. The Kier molecular flexibility index (Phi) is 4.48. The van der Waals surface area contributed by atoms with E-state index in [1.165, 1.54) is 5.56 Å². The molecule has 2 rings (SSSR count). The highest BCUT2D eigenvalue weighted by Crippen LogP contribution is 2.22. The van der Waals surface area contributed by atoms with Crippen molar-refractivity contribution < 1.29 is 9.90 Å².